The van der Waals surface area contributed by atoms with E-state index < -0.39 is 0 Å². The van der Waals surface area contributed by atoms with Gasteiger partial charge in [0.2, 0.25) is 0 Å². The van der Waals surface area contributed by atoms with Crippen molar-refractivity contribution < 1.29 is 4.74 Å². The predicted molar refractivity (Wildman–Crippen MR) is 89.1 cm³/mol. The zero-order valence-corrected chi connectivity index (χ0v) is 12.7. The van der Waals surface area contributed by atoms with Gasteiger partial charge in [-0.3, -0.25) is 0 Å². The maximum absolute atomic E-state index is 6.18. The summed E-state index contributed by atoms with van der Waals surface area (Å²) in [5.74, 6) is 0. The quantitative estimate of drug-likeness (QED) is 0.545. The summed E-state index contributed by atoms with van der Waals surface area (Å²) in [5.41, 5.74) is 2.45. The summed E-state index contributed by atoms with van der Waals surface area (Å²) in [5, 5.41) is 0. The monoisotopic (exact) mass is 281 g/mol. The topological polar surface area (TPSA) is 9.23 Å². The Bertz CT molecular complexity index is 438. The summed E-state index contributed by atoms with van der Waals surface area (Å²) in [6.45, 7) is 4.69. The van der Waals surface area contributed by atoms with Crippen LogP contribution in [-0.4, -0.2) is 6.61 Å². The minimum absolute atomic E-state index is 0.0419. The van der Waals surface area contributed by atoms with Crippen LogP contribution in [0.15, 0.2) is 60.7 Å². The second-order valence-electron chi connectivity index (χ2n) is 5.34. The molecule has 1 heteroatoms. The van der Waals surface area contributed by atoms with Gasteiger partial charge in [-0.15, -0.1) is 0 Å². The van der Waals surface area contributed by atoms with Gasteiger partial charge in [0.15, 0.2) is 0 Å². The fourth-order valence-corrected chi connectivity index (χ4v) is 2.47. The van der Waals surface area contributed by atoms with Crippen LogP contribution in [0.25, 0.3) is 0 Å². The van der Waals surface area contributed by atoms with E-state index >= 15 is 0 Å². The van der Waals surface area contributed by atoms with E-state index in [0.717, 1.165) is 19.4 Å². The van der Waals surface area contributed by atoms with Gasteiger partial charge in [-0.2, -0.15) is 0 Å². The molecule has 0 aliphatic heterocycles. The third-order valence-corrected chi connectivity index (χ3v) is 3.63. The SMILES string of the molecule is [CH2]CCCCCCOC(c1ccccc1)c1ccccc1. The smallest absolute Gasteiger partial charge is 0.108 e. The molecular formula is C20H25O. The zero-order chi connectivity index (χ0) is 14.8. The first-order valence-electron chi connectivity index (χ1n) is 7.92. The van der Waals surface area contributed by atoms with Gasteiger partial charge < -0.3 is 4.74 Å². The van der Waals surface area contributed by atoms with Crippen LogP contribution in [0.4, 0.5) is 0 Å². The first-order valence-corrected chi connectivity index (χ1v) is 7.92. The van der Waals surface area contributed by atoms with Crippen LogP contribution in [0.5, 0.6) is 0 Å². The minimum Gasteiger partial charge on any atom is -0.369 e. The molecule has 1 nitrogen and oxygen atoms in total. The van der Waals surface area contributed by atoms with E-state index in [-0.39, 0.29) is 6.10 Å². The average Bonchev–Trinajstić information content (AvgIpc) is 2.56. The van der Waals surface area contributed by atoms with Crippen LogP contribution in [0.1, 0.15) is 49.3 Å². The number of benzene rings is 2. The molecule has 0 heterocycles. The highest BCUT2D eigenvalue weighted by Gasteiger charge is 2.13. The van der Waals surface area contributed by atoms with Crippen molar-refractivity contribution in [3.05, 3.63) is 78.7 Å². The summed E-state index contributed by atoms with van der Waals surface area (Å²) < 4.78 is 6.18. The molecule has 2 aromatic carbocycles. The van der Waals surface area contributed by atoms with Crippen molar-refractivity contribution in [3.63, 3.8) is 0 Å². The summed E-state index contributed by atoms with van der Waals surface area (Å²) >= 11 is 0. The number of hydrogen-bond donors (Lipinski definition) is 0. The molecule has 21 heavy (non-hydrogen) atoms. The van der Waals surface area contributed by atoms with Gasteiger partial charge in [0.1, 0.15) is 6.10 Å². The number of hydrogen-bond acceptors (Lipinski definition) is 1. The molecule has 0 saturated heterocycles. The first-order chi connectivity index (χ1) is 10.4. The summed E-state index contributed by atoms with van der Waals surface area (Å²) in [7, 11) is 0. The average molecular weight is 281 g/mol. The number of unbranched alkanes of at least 4 members (excludes halogenated alkanes) is 4. The first kappa shape index (κ1) is 15.8. The maximum Gasteiger partial charge on any atom is 0.108 e. The Hall–Kier alpha value is -1.60. The van der Waals surface area contributed by atoms with Gasteiger partial charge in [0.25, 0.3) is 0 Å². The van der Waals surface area contributed by atoms with Crippen LogP contribution < -0.4 is 0 Å². The molecule has 0 unspecified atom stereocenters. The highest BCUT2D eigenvalue weighted by atomic mass is 16.5. The molecule has 0 aliphatic carbocycles. The van der Waals surface area contributed by atoms with E-state index in [0.29, 0.717) is 0 Å². The van der Waals surface area contributed by atoms with Gasteiger partial charge in [0.05, 0.1) is 0 Å². The maximum atomic E-state index is 6.18. The Morgan fingerprint density at radius 3 is 1.76 bits per heavy atom. The van der Waals surface area contributed by atoms with Gasteiger partial charge in [0, 0.05) is 6.61 Å². The lowest BCUT2D eigenvalue weighted by atomic mass is 10.0. The van der Waals surface area contributed by atoms with E-state index in [9.17, 15) is 0 Å². The van der Waals surface area contributed by atoms with Crippen LogP contribution in [0.2, 0.25) is 0 Å². The second-order valence-corrected chi connectivity index (χ2v) is 5.34. The largest absolute Gasteiger partial charge is 0.369 e. The number of ether oxygens (including phenoxy) is 1. The van der Waals surface area contributed by atoms with Crippen molar-refractivity contribution in [1.82, 2.24) is 0 Å². The van der Waals surface area contributed by atoms with Crippen molar-refractivity contribution in [3.8, 4) is 0 Å². The van der Waals surface area contributed by atoms with Crippen LogP contribution in [0, 0.1) is 6.92 Å². The third kappa shape index (κ3) is 5.35. The van der Waals surface area contributed by atoms with Gasteiger partial charge in [-0.1, -0.05) is 93.3 Å². The van der Waals surface area contributed by atoms with E-state index in [4.69, 9.17) is 4.74 Å². The standard InChI is InChI=1S/C20H25O/c1-2-3-4-5-12-17-21-20(18-13-8-6-9-14-18)19-15-10-7-11-16-19/h6-11,13-16,20H,1-5,12,17H2. The molecular weight excluding hydrogens is 256 g/mol. The van der Waals surface area contributed by atoms with E-state index in [1.165, 1.54) is 30.4 Å². The normalized spacial score (nSPS) is 11.0. The Labute approximate surface area is 129 Å². The Morgan fingerprint density at radius 1 is 0.714 bits per heavy atom. The minimum atomic E-state index is 0.0419. The molecule has 0 aromatic heterocycles. The molecule has 1 radical (unpaired) electrons. The van der Waals surface area contributed by atoms with Gasteiger partial charge in [-0.25, -0.2) is 0 Å². The van der Waals surface area contributed by atoms with E-state index in [2.05, 4.69) is 55.5 Å². The van der Waals surface area contributed by atoms with Crippen LogP contribution in [0.3, 0.4) is 0 Å². The predicted octanol–water partition coefficient (Wildman–Crippen LogP) is 5.58. The molecule has 0 amide bonds. The molecule has 0 bridgehead atoms. The highest BCUT2D eigenvalue weighted by Crippen LogP contribution is 2.26. The molecule has 0 spiro atoms. The van der Waals surface area contributed by atoms with E-state index in [1.54, 1.807) is 0 Å². The highest BCUT2D eigenvalue weighted by molar-refractivity contribution is 5.29. The lowest BCUT2D eigenvalue weighted by Gasteiger charge is -2.19. The van der Waals surface area contributed by atoms with Gasteiger partial charge in [-0.05, 0) is 17.5 Å². The molecule has 2 aromatic rings. The van der Waals surface area contributed by atoms with E-state index in [1.807, 2.05) is 12.1 Å². The fraction of sp³-hybridized carbons (Fsp3) is 0.350. The molecule has 0 N–H and O–H groups in total. The second kappa shape index (κ2) is 9.36. The lowest BCUT2D eigenvalue weighted by Crippen LogP contribution is -2.07. The van der Waals surface area contributed by atoms with Crippen LogP contribution >= 0.6 is 0 Å². The van der Waals surface area contributed by atoms with Crippen molar-refractivity contribution in [2.75, 3.05) is 6.61 Å². The van der Waals surface area contributed by atoms with Crippen molar-refractivity contribution in [2.45, 2.75) is 38.2 Å². The Morgan fingerprint density at radius 2 is 1.24 bits per heavy atom. The van der Waals surface area contributed by atoms with Crippen LogP contribution in [-0.2, 0) is 4.74 Å². The van der Waals surface area contributed by atoms with Crippen molar-refractivity contribution in [2.24, 2.45) is 0 Å². The van der Waals surface area contributed by atoms with Crippen molar-refractivity contribution in [1.29, 1.82) is 0 Å². The zero-order valence-electron chi connectivity index (χ0n) is 12.7. The lowest BCUT2D eigenvalue weighted by molar-refractivity contribution is 0.0768. The third-order valence-electron chi connectivity index (χ3n) is 3.63. The Balaban J connectivity index is 1.94. The summed E-state index contributed by atoms with van der Waals surface area (Å²) in [6, 6.07) is 20.9. The summed E-state index contributed by atoms with van der Waals surface area (Å²) in [6.07, 6.45) is 5.91. The number of rotatable bonds is 9. The van der Waals surface area contributed by atoms with Crippen molar-refractivity contribution >= 4 is 0 Å². The molecule has 0 saturated carbocycles. The molecule has 0 atom stereocenters. The van der Waals surface area contributed by atoms with Gasteiger partial charge >= 0.3 is 0 Å². The summed E-state index contributed by atoms with van der Waals surface area (Å²) in [4.78, 5) is 0. The fourth-order valence-electron chi connectivity index (χ4n) is 2.47. The Kier molecular flexibility index (Phi) is 7.03. The molecule has 111 valence electrons. The molecule has 0 aliphatic rings. The molecule has 0 fully saturated rings. The molecule has 2 rings (SSSR count).